The summed E-state index contributed by atoms with van der Waals surface area (Å²) in [5.41, 5.74) is 1.83. The molecule has 9 heteroatoms. The second kappa shape index (κ2) is 8.87. The molecule has 2 aromatic carbocycles. The van der Waals surface area contributed by atoms with Crippen molar-refractivity contribution in [1.82, 2.24) is 15.0 Å². The van der Waals surface area contributed by atoms with Crippen molar-refractivity contribution in [3.63, 3.8) is 0 Å². The molecule has 3 aromatic rings. The third kappa shape index (κ3) is 4.89. The molecule has 0 spiro atoms. The number of carbonyl (C=O) groups excluding carboxylic acids is 2. The molecule has 0 radical (unpaired) electrons. The molecule has 0 aliphatic carbocycles. The molecule has 1 aromatic heterocycles. The van der Waals surface area contributed by atoms with Crippen molar-refractivity contribution >= 4 is 23.2 Å². The summed E-state index contributed by atoms with van der Waals surface area (Å²) in [4.78, 5) is 24.8. The van der Waals surface area contributed by atoms with Crippen molar-refractivity contribution in [2.75, 3.05) is 24.9 Å². The van der Waals surface area contributed by atoms with E-state index in [0.717, 1.165) is 0 Å². The van der Waals surface area contributed by atoms with Crippen molar-refractivity contribution in [2.45, 2.75) is 13.5 Å². The summed E-state index contributed by atoms with van der Waals surface area (Å²) in [7, 11) is 3.12. The van der Waals surface area contributed by atoms with Crippen molar-refractivity contribution in [2.24, 2.45) is 0 Å². The fraction of sp³-hybridized carbons (Fsp3) is 0.200. The zero-order valence-corrected chi connectivity index (χ0v) is 16.3. The molecule has 0 atom stereocenters. The first kappa shape index (κ1) is 19.9. The second-order valence-electron chi connectivity index (χ2n) is 6.14. The van der Waals surface area contributed by atoms with Crippen LogP contribution < -0.4 is 20.1 Å². The predicted octanol–water partition coefficient (Wildman–Crippen LogP) is 2.49. The predicted molar refractivity (Wildman–Crippen MR) is 107 cm³/mol. The Hall–Kier alpha value is -3.88. The molecule has 150 valence electrons. The van der Waals surface area contributed by atoms with E-state index in [0.29, 0.717) is 28.6 Å². The Balaban J connectivity index is 1.64. The maximum absolute atomic E-state index is 12.5. The van der Waals surface area contributed by atoms with Crippen LogP contribution in [-0.2, 0) is 11.3 Å². The maximum Gasteiger partial charge on any atom is 0.278 e. The Kier molecular flexibility index (Phi) is 6.08. The number of amides is 2. The van der Waals surface area contributed by atoms with Gasteiger partial charge in [0.05, 0.1) is 19.9 Å². The molecular weight excluding hydrogens is 374 g/mol. The summed E-state index contributed by atoms with van der Waals surface area (Å²) in [6.07, 6.45) is 0. The minimum Gasteiger partial charge on any atom is -0.497 e. The number of hydrogen-bond donors (Lipinski definition) is 2. The average Bonchev–Trinajstić information content (AvgIpc) is 3.08. The van der Waals surface area contributed by atoms with Gasteiger partial charge in [0.2, 0.25) is 5.91 Å². The van der Waals surface area contributed by atoms with Crippen LogP contribution in [-0.4, -0.2) is 41.0 Å². The third-order valence-corrected chi connectivity index (χ3v) is 4.19. The van der Waals surface area contributed by atoms with E-state index >= 15 is 0 Å². The van der Waals surface area contributed by atoms with E-state index in [9.17, 15) is 9.59 Å². The van der Waals surface area contributed by atoms with E-state index in [1.807, 2.05) is 0 Å². The summed E-state index contributed by atoms with van der Waals surface area (Å²) in [6.45, 7) is 1.60. The van der Waals surface area contributed by atoms with Crippen LogP contribution in [0.4, 0.5) is 11.4 Å². The number of rotatable bonds is 7. The SMILES string of the molecule is COc1ccc(NC(=O)c2nnn(CC(=O)Nc3cccc(OC)c3)c2C)cc1. The molecule has 2 N–H and O–H groups in total. The molecule has 29 heavy (non-hydrogen) atoms. The van der Waals surface area contributed by atoms with Crippen LogP contribution in [0.15, 0.2) is 48.5 Å². The lowest BCUT2D eigenvalue weighted by atomic mass is 10.2. The minimum absolute atomic E-state index is 0.0775. The summed E-state index contributed by atoms with van der Waals surface area (Å²) in [5.74, 6) is 0.616. The fourth-order valence-corrected chi connectivity index (χ4v) is 2.62. The normalized spacial score (nSPS) is 10.3. The average molecular weight is 395 g/mol. The van der Waals surface area contributed by atoms with Crippen molar-refractivity contribution < 1.29 is 19.1 Å². The van der Waals surface area contributed by atoms with Gasteiger partial charge in [0.15, 0.2) is 5.69 Å². The minimum atomic E-state index is -0.410. The number of hydrogen-bond acceptors (Lipinski definition) is 6. The van der Waals surface area contributed by atoms with Gasteiger partial charge in [0.25, 0.3) is 5.91 Å². The van der Waals surface area contributed by atoms with E-state index in [1.165, 1.54) is 4.68 Å². The number of nitrogens with one attached hydrogen (secondary N) is 2. The van der Waals surface area contributed by atoms with Gasteiger partial charge in [0, 0.05) is 17.4 Å². The molecule has 0 bridgehead atoms. The van der Waals surface area contributed by atoms with Gasteiger partial charge in [-0.05, 0) is 43.3 Å². The molecule has 0 unspecified atom stereocenters. The van der Waals surface area contributed by atoms with Gasteiger partial charge in [-0.15, -0.1) is 5.10 Å². The zero-order valence-electron chi connectivity index (χ0n) is 16.3. The van der Waals surface area contributed by atoms with Crippen LogP contribution in [0, 0.1) is 6.92 Å². The van der Waals surface area contributed by atoms with Crippen LogP contribution in [0.2, 0.25) is 0 Å². The number of anilines is 2. The van der Waals surface area contributed by atoms with E-state index in [-0.39, 0.29) is 18.1 Å². The van der Waals surface area contributed by atoms with Crippen molar-refractivity contribution in [3.8, 4) is 11.5 Å². The number of nitrogens with zero attached hydrogens (tertiary/aromatic N) is 3. The molecule has 0 saturated heterocycles. The molecule has 0 saturated carbocycles. The lowest BCUT2D eigenvalue weighted by molar-refractivity contribution is -0.117. The molecule has 3 rings (SSSR count). The third-order valence-electron chi connectivity index (χ3n) is 4.19. The first-order valence-corrected chi connectivity index (χ1v) is 8.79. The van der Waals surface area contributed by atoms with E-state index in [1.54, 1.807) is 69.7 Å². The van der Waals surface area contributed by atoms with Gasteiger partial charge in [-0.25, -0.2) is 4.68 Å². The number of ether oxygens (including phenoxy) is 2. The molecule has 2 amide bonds. The molecule has 1 heterocycles. The highest BCUT2D eigenvalue weighted by molar-refractivity contribution is 6.03. The Morgan fingerprint density at radius 2 is 1.69 bits per heavy atom. The van der Waals surface area contributed by atoms with Gasteiger partial charge in [-0.1, -0.05) is 11.3 Å². The molecular formula is C20H21N5O4. The van der Waals surface area contributed by atoms with Gasteiger partial charge < -0.3 is 20.1 Å². The fourth-order valence-electron chi connectivity index (χ4n) is 2.62. The first-order chi connectivity index (χ1) is 14.0. The van der Waals surface area contributed by atoms with Crippen LogP contribution in [0.1, 0.15) is 16.2 Å². The van der Waals surface area contributed by atoms with Crippen LogP contribution >= 0.6 is 0 Å². The monoisotopic (exact) mass is 395 g/mol. The molecule has 0 aliphatic heterocycles. The highest BCUT2D eigenvalue weighted by Gasteiger charge is 2.18. The number of aromatic nitrogens is 3. The first-order valence-electron chi connectivity index (χ1n) is 8.79. The topological polar surface area (TPSA) is 107 Å². The number of methoxy groups -OCH3 is 2. The largest absolute Gasteiger partial charge is 0.497 e. The van der Waals surface area contributed by atoms with E-state index < -0.39 is 5.91 Å². The lowest BCUT2D eigenvalue weighted by Gasteiger charge is -2.08. The van der Waals surface area contributed by atoms with Crippen molar-refractivity contribution in [1.29, 1.82) is 0 Å². The van der Waals surface area contributed by atoms with Gasteiger partial charge in [0.1, 0.15) is 18.0 Å². The summed E-state index contributed by atoms with van der Waals surface area (Å²) >= 11 is 0. The lowest BCUT2D eigenvalue weighted by Crippen LogP contribution is -2.21. The Morgan fingerprint density at radius 1 is 0.966 bits per heavy atom. The van der Waals surface area contributed by atoms with Gasteiger partial charge >= 0.3 is 0 Å². The summed E-state index contributed by atoms with van der Waals surface area (Å²) in [6, 6.07) is 13.9. The quantitative estimate of drug-likeness (QED) is 0.636. The Morgan fingerprint density at radius 3 is 2.38 bits per heavy atom. The number of benzene rings is 2. The standard InChI is InChI=1S/C20H21N5O4/c1-13-19(20(27)22-14-7-9-16(28-2)10-8-14)23-24-25(13)12-18(26)21-15-5-4-6-17(11-15)29-3/h4-11H,12H2,1-3H3,(H,21,26)(H,22,27). The summed E-state index contributed by atoms with van der Waals surface area (Å²) in [5, 5.41) is 13.3. The molecule has 0 aliphatic rings. The van der Waals surface area contributed by atoms with Crippen LogP contribution in [0.3, 0.4) is 0 Å². The zero-order chi connectivity index (χ0) is 20.8. The number of carbonyl (C=O) groups is 2. The van der Waals surface area contributed by atoms with Crippen LogP contribution in [0.25, 0.3) is 0 Å². The Labute approximate surface area is 167 Å². The van der Waals surface area contributed by atoms with Gasteiger partial charge in [-0.2, -0.15) is 0 Å². The highest BCUT2D eigenvalue weighted by Crippen LogP contribution is 2.18. The highest BCUT2D eigenvalue weighted by atomic mass is 16.5. The molecule has 0 fully saturated rings. The maximum atomic E-state index is 12.5. The van der Waals surface area contributed by atoms with E-state index in [4.69, 9.17) is 9.47 Å². The molecule has 9 nitrogen and oxygen atoms in total. The van der Waals surface area contributed by atoms with Gasteiger partial charge in [-0.3, -0.25) is 9.59 Å². The Bertz CT molecular complexity index is 1010. The second-order valence-corrected chi connectivity index (χ2v) is 6.14. The summed E-state index contributed by atoms with van der Waals surface area (Å²) < 4.78 is 11.6. The van der Waals surface area contributed by atoms with E-state index in [2.05, 4.69) is 20.9 Å². The van der Waals surface area contributed by atoms with Crippen molar-refractivity contribution in [3.05, 3.63) is 59.9 Å². The smallest absolute Gasteiger partial charge is 0.278 e. The van der Waals surface area contributed by atoms with Crippen LogP contribution in [0.5, 0.6) is 11.5 Å².